The molecular weight excluding hydrogens is 430 g/mol. The van der Waals surface area contributed by atoms with Gasteiger partial charge in [0.1, 0.15) is 17.7 Å². The van der Waals surface area contributed by atoms with Crippen LogP contribution < -0.4 is 5.32 Å². The second kappa shape index (κ2) is 9.53. The molecule has 0 aliphatic rings. The molecule has 4 nitrogen and oxygen atoms in total. The maximum atomic E-state index is 5.53. The van der Waals surface area contributed by atoms with E-state index in [1.165, 1.54) is 22.3 Å². The van der Waals surface area contributed by atoms with Crippen LogP contribution in [-0.2, 0) is 0 Å². The lowest BCUT2D eigenvalue weighted by atomic mass is 9.92. The molecule has 2 atom stereocenters. The maximum absolute atomic E-state index is 5.53. The van der Waals surface area contributed by atoms with Gasteiger partial charge in [-0.15, -0.1) is 0 Å². The zero-order valence-electron chi connectivity index (χ0n) is 21.2. The summed E-state index contributed by atoms with van der Waals surface area (Å²) in [6, 6.07) is 19.5. The summed E-state index contributed by atoms with van der Waals surface area (Å²) in [7, 11) is 0. The quantitative estimate of drug-likeness (QED) is 0.261. The van der Waals surface area contributed by atoms with Gasteiger partial charge in [-0.25, -0.2) is 9.97 Å². The summed E-state index contributed by atoms with van der Waals surface area (Å²) in [4.78, 5) is 9.26. The third kappa shape index (κ3) is 4.41. The molecule has 0 amide bonds. The highest BCUT2D eigenvalue weighted by molar-refractivity contribution is 5.92. The number of nitrogens with one attached hydrogen (secondary N) is 1. The standard InChI is InChI=1S/C31H33N3O/c1-6-19(3)25-10-8-23(22-9-11-30-24(15-22)12-13-35-30)16-29(25)34-31-27-17-26(20(4)7-2)21(5)14-28(27)32-18-33-31/h8-20H,6-7H2,1-5H3,(H,32,33,34). The number of hydrogen-bond donors (Lipinski definition) is 1. The number of aryl methyl sites for hydroxylation is 1. The van der Waals surface area contributed by atoms with Gasteiger partial charge in [0.2, 0.25) is 0 Å². The van der Waals surface area contributed by atoms with Crippen molar-refractivity contribution in [1.29, 1.82) is 0 Å². The Kier molecular flexibility index (Phi) is 6.29. The van der Waals surface area contributed by atoms with Crippen molar-refractivity contribution < 1.29 is 4.42 Å². The second-order valence-corrected chi connectivity index (χ2v) is 9.67. The van der Waals surface area contributed by atoms with Crippen molar-refractivity contribution in [3.63, 3.8) is 0 Å². The van der Waals surface area contributed by atoms with Gasteiger partial charge in [0.05, 0.1) is 11.8 Å². The Morgan fingerprint density at radius 1 is 0.829 bits per heavy atom. The Hall–Kier alpha value is -3.66. The molecule has 2 aromatic heterocycles. The zero-order chi connectivity index (χ0) is 24.5. The van der Waals surface area contributed by atoms with Crippen LogP contribution >= 0.6 is 0 Å². The average molecular weight is 464 g/mol. The molecule has 0 aliphatic heterocycles. The molecule has 0 bridgehead atoms. The number of rotatable bonds is 7. The Bertz CT molecular complexity index is 1500. The summed E-state index contributed by atoms with van der Waals surface area (Å²) in [6.45, 7) is 11.2. The summed E-state index contributed by atoms with van der Waals surface area (Å²) in [6.07, 6.45) is 5.57. The fourth-order valence-corrected chi connectivity index (χ4v) is 4.84. The summed E-state index contributed by atoms with van der Waals surface area (Å²) in [5, 5.41) is 5.88. The van der Waals surface area contributed by atoms with Crippen LogP contribution in [0.5, 0.6) is 0 Å². The molecule has 5 aromatic rings. The smallest absolute Gasteiger partial charge is 0.141 e. The van der Waals surface area contributed by atoms with Crippen molar-refractivity contribution >= 4 is 33.4 Å². The van der Waals surface area contributed by atoms with E-state index in [2.05, 4.69) is 92.4 Å². The van der Waals surface area contributed by atoms with Crippen LogP contribution in [-0.4, -0.2) is 9.97 Å². The highest BCUT2D eigenvalue weighted by Crippen LogP contribution is 2.36. The summed E-state index contributed by atoms with van der Waals surface area (Å²) >= 11 is 0. The van der Waals surface area contributed by atoms with Gasteiger partial charge < -0.3 is 9.73 Å². The number of benzene rings is 3. The molecule has 4 heteroatoms. The maximum Gasteiger partial charge on any atom is 0.141 e. The van der Waals surface area contributed by atoms with Crippen LogP contribution in [0.1, 0.15) is 69.1 Å². The van der Waals surface area contributed by atoms with Crippen LogP contribution in [0.25, 0.3) is 33.0 Å². The molecule has 2 unspecified atom stereocenters. The van der Waals surface area contributed by atoms with Gasteiger partial charge in [-0.2, -0.15) is 0 Å². The van der Waals surface area contributed by atoms with Crippen LogP contribution in [0.3, 0.4) is 0 Å². The molecule has 0 saturated carbocycles. The molecule has 0 saturated heterocycles. The lowest BCUT2D eigenvalue weighted by molar-refractivity contribution is 0.616. The van der Waals surface area contributed by atoms with Crippen molar-refractivity contribution in [1.82, 2.24) is 9.97 Å². The van der Waals surface area contributed by atoms with Gasteiger partial charge in [0.25, 0.3) is 0 Å². The Labute approximate surface area is 207 Å². The van der Waals surface area contributed by atoms with E-state index in [1.54, 1.807) is 12.6 Å². The molecule has 0 radical (unpaired) electrons. The Morgan fingerprint density at radius 2 is 1.57 bits per heavy atom. The normalized spacial score (nSPS) is 13.3. The molecule has 35 heavy (non-hydrogen) atoms. The second-order valence-electron chi connectivity index (χ2n) is 9.67. The van der Waals surface area contributed by atoms with E-state index >= 15 is 0 Å². The van der Waals surface area contributed by atoms with Gasteiger partial charge in [-0.3, -0.25) is 0 Å². The predicted octanol–water partition coefficient (Wildman–Crippen LogP) is 9.12. The first-order valence-corrected chi connectivity index (χ1v) is 12.6. The number of aromatic nitrogens is 2. The van der Waals surface area contributed by atoms with E-state index in [1.807, 2.05) is 12.1 Å². The van der Waals surface area contributed by atoms with E-state index in [-0.39, 0.29) is 0 Å². The fraction of sp³-hybridized carbons (Fsp3) is 0.290. The van der Waals surface area contributed by atoms with Crippen LogP contribution in [0.4, 0.5) is 11.5 Å². The lowest BCUT2D eigenvalue weighted by Gasteiger charge is -2.19. The van der Waals surface area contributed by atoms with E-state index in [0.717, 1.165) is 51.8 Å². The minimum atomic E-state index is 0.425. The number of anilines is 2. The molecular formula is C31H33N3O. The molecule has 3 aromatic carbocycles. The molecule has 2 heterocycles. The summed E-state index contributed by atoms with van der Waals surface area (Å²) < 4.78 is 5.53. The molecule has 1 N–H and O–H groups in total. The first-order chi connectivity index (χ1) is 17.0. The number of furan rings is 1. The minimum Gasteiger partial charge on any atom is -0.464 e. The number of hydrogen-bond acceptors (Lipinski definition) is 4. The van der Waals surface area contributed by atoms with Gasteiger partial charge in [-0.05, 0) is 95.8 Å². The van der Waals surface area contributed by atoms with Crippen molar-refractivity contribution in [3.05, 3.63) is 83.9 Å². The Morgan fingerprint density at radius 3 is 2.37 bits per heavy atom. The first kappa shape index (κ1) is 23.1. The molecule has 178 valence electrons. The molecule has 0 spiro atoms. The molecule has 5 rings (SSSR count). The van der Waals surface area contributed by atoms with Gasteiger partial charge in [-0.1, -0.05) is 45.9 Å². The highest BCUT2D eigenvalue weighted by atomic mass is 16.3. The monoisotopic (exact) mass is 463 g/mol. The largest absolute Gasteiger partial charge is 0.464 e. The van der Waals surface area contributed by atoms with E-state index in [0.29, 0.717) is 11.8 Å². The van der Waals surface area contributed by atoms with Crippen molar-refractivity contribution in [3.8, 4) is 11.1 Å². The highest BCUT2D eigenvalue weighted by Gasteiger charge is 2.16. The summed E-state index contributed by atoms with van der Waals surface area (Å²) in [5.74, 6) is 1.77. The van der Waals surface area contributed by atoms with Crippen LogP contribution in [0, 0.1) is 6.92 Å². The third-order valence-corrected chi connectivity index (χ3v) is 7.40. The lowest BCUT2D eigenvalue weighted by Crippen LogP contribution is -2.03. The first-order valence-electron chi connectivity index (χ1n) is 12.6. The third-order valence-electron chi connectivity index (χ3n) is 7.40. The number of fused-ring (bicyclic) bond motifs is 2. The van der Waals surface area contributed by atoms with Gasteiger partial charge in [0, 0.05) is 16.5 Å². The fourth-order valence-electron chi connectivity index (χ4n) is 4.84. The van der Waals surface area contributed by atoms with E-state index in [4.69, 9.17) is 4.42 Å². The Balaban J connectivity index is 1.62. The van der Waals surface area contributed by atoms with Crippen LogP contribution in [0.2, 0.25) is 0 Å². The van der Waals surface area contributed by atoms with E-state index < -0.39 is 0 Å². The van der Waals surface area contributed by atoms with Gasteiger partial charge >= 0.3 is 0 Å². The molecule has 0 aliphatic carbocycles. The minimum absolute atomic E-state index is 0.425. The number of nitrogens with zero attached hydrogens (tertiary/aromatic N) is 2. The summed E-state index contributed by atoms with van der Waals surface area (Å²) in [5.41, 5.74) is 9.24. The van der Waals surface area contributed by atoms with Crippen molar-refractivity contribution in [2.24, 2.45) is 0 Å². The van der Waals surface area contributed by atoms with E-state index in [9.17, 15) is 0 Å². The average Bonchev–Trinajstić information content (AvgIpc) is 3.35. The topological polar surface area (TPSA) is 51.0 Å². The zero-order valence-corrected chi connectivity index (χ0v) is 21.2. The van der Waals surface area contributed by atoms with Gasteiger partial charge in [0.15, 0.2) is 0 Å². The van der Waals surface area contributed by atoms with Crippen molar-refractivity contribution in [2.45, 2.75) is 59.3 Å². The SMILES string of the molecule is CCC(C)c1cc2c(Nc3cc(-c4ccc5occc5c4)ccc3C(C)CC)ncnc2cc1C. The van der Waals surface area contributed by atoms with Crippen molar-refractivity contribution in [2.75, 3.05) is 5.32 Å². The molecule has 0 fully saturated rings. The van der Waals surface area contributed by atoms with Crippen LogP contribution in [0.15, 0.2) is 71.6 Å². The predicted molar refractivity (Wildman–Crippen MR) is 147 cm³/mol.